The number of aromatic nitrogens is 1. The highest BCUT2D eigenvalue weighted by atomic mass is 35.5. The molecule has 0 aliphatic rings. The SMILES string of the molecule is CNC(Cc1cccc(F)c1Cl)c1cccnc1C. The maximum atomic E-state index is 13.5. The van der Waals surface area contributed by atoms with Crippen molar-refractivity contribution in [3.05, 3.63) is 64.2 Å². The highest BCUT2D eigenvalue weighted by molar-refractivity contribution is 6.31. The van der Waals surface area contributed by atoms with Crippen molar-refractivity contribution >= 4 is 11.6 Å². The lowest BCUT2D eigenvalue weighted by molar-refractivity contribution is 0.579. The van der Waals surface area contributed by atoms with Gasteiger partial charge >= 0.3 is 0 Å². The lowest BCUT2D eigenvalue weighted by Gasteiger charge is -2.19. The van der Waals surface area contributed by atoms with E-state index in [0.29, 0.717) is 6.42 Å². The number of pyridine rings is 1. The molecule has 1 aromatic heterocycles. The molecule has 0 spiro atoms. The molecular weight excluding hydrogens is 263 g/mol. The molecule has 4 heteroatoms. The van der Waals surface area contributed by atoms with Crippen LogP contribution in [0.5, 0.6) is 0 Å². The molecule has 19 heavy (non-hydrogen) atoms. The first-order valence-corrected chi connectivity index (χ1v) is 6.53. The van der Waals surface area contributed by atoms with E-state index in [1.54, 1.807) is 12.3 Å². The van der Waals surface area contributed by atoms with Crippen LogP contribution in [0.2, 0.25) is 5.02 Å². The molecule has 1 atom stereocenters. The molecule has 2 rings (SSSR count). The minimum Gasteiger partial charge on any atom is -0.313 e. The van der Waals surface area contributed by atoms with Crippen LogP contribution in [0.4, 0.5) is 4.39 Å². The summed E-state index contributed by atoms with van der Waals surface area (Å²) in [6.45, 7) is 1.97. The van der Waals surface area contributed by atoms with E-state index in [2.05, 4.69) is 10.3 Å². The predicted molar refractivity (Wildman–Crippen MR) is 75.9 cm³/mol. The zero-order chi connectivity index (χ0) is 13.8. The first-order valence-electron chi connectivity index (χ1n) is 6.15. The molecule has 0 aliphatic heterocycles. The smallest absolute Gasteiger partial charge is 0.142 e. The molecule has 0 saturated carbocycles. The van der Waals surface area contributed by atoms with Crippen molar-refractivity contribution in [1.29, 1.82) is 0 Å². The van der Waals surface area contributed by atoms with Gasteiger partial charge in [0.2, 0.25) is 0 Å². The number of rotatable bonds is 4. The van der Waals surface area contributed by atoms with E-state index in [0.717, 1.165) is 16.8 Å². The number of nitrogens with zero attached hydrogens (tertiary/aromatic N) is 1. The van der Waals surface area contributed by atoms with Gasteiger partial charge in [0.05, 0.1) is 5.02 Å². The Morgan fingerprint density at radius 2 is 2.11 bits per heavy atom. The van der Waals surface area contributed by atoms with E-state index in [-0.39, 0.29) is 16.9 Å². The number of aryl methyl sites for hydroxylation is 1. The van der Waals surface area contributed by atoms with Crippen molar-refractivity contribution in [3.63, 3.8) is 0 Å². The van der Waals surface area contributed by atoms with Gasteiger partial charge in [-0.1, -0.05) is 29.8 Å². The Labute approximate surface area is 117 Å². The fraction of sp³-hybridized carbons (Fsp3) is 0.267. The molecule has 1 heterocycles. The zero-order valence-corrected chi connectivity index (χ0v) is 11.7. The summed E-state index contributed by atoms with van der Waals surface area (Å²) in [7, 11) is 1.88. The monoisotopic (exact) mass is 278 g/mol. The first kappa shape index (κ1) is 14.0. The quantitative estimate of drug-likeness (QED) is 0.923. The Hall–Kier alpha value is -1.45. The van der Waals surface area contributed by atoms with Crippen LogP contribution in [-0.4, -0.2) is 12.0 Å². The average Bonchev–Trinajstić information content (AvgIpc) is 2.41. The molecule has 100 valence electrons. The van der Waals surface area contributed by atoms with Crippen molar-refractivity contribution in [2.75, 3.05) is 7.05 Å². The third kappa shape index (κ3) is 3.11. The van der Waals surface area contributed by atoms with Gasteiger partial charge in [-0.05, 0) is 43.7 Å². The largest absolute Gasteiger partial charge is 0.313 e. The summed E-state index contributed by atoms with van der Waals surface area (Å²) in [6, 6.07) is 8.89. The van der Waals surface area contributed by atoms with Crippen LogP contribution in [0.15, 0.2) is 36.5 Å². The Morgan fingerprint density at radius 1 is 1.32 bits per heavy atom. The van der Waals surface area contributed by atoms with Crippen LogP contribution in [0.3, 0.4) is 0 Å². The van der Waals surface area contributed by atoms with Gasteiger partial charge in [0, 0.05) is 17.9 Å². The van der Waals surface area contributed by atoms with Crippen LogP contribution in [0.1, 0.15) is 22.9 Å². The second kappa shape index (κ2) is 6.13. The molecule has 1 N–H and O–H groups in total. The van der Waals surface area contributed by atoms with Crippen molar-refractivity contribution in [2.45, 2.75) is 19.4 Å². The summed E-state index contributed by atoms with van der Waals surface area (Å²) in [5, 5.41) is 3.43. The lowest BCUT2D eigenvalue weighted by atomic mass is 9.98. The molecule has 0 amide bonds. The summed E-state index contributed by atoms with van der Waals surface area (Å²) in [5.74, 6) is -0.378. The van der Waals surface area contributed by atoms with Gasteiger partial charge in [0.15, 0.2) is 0 Å². The Morgan fingerprint density at radius 3 is 2.79 bits per heavy atom. The second-order valence-electron chi connectivity index (χ2n) is 4.44. The maximum absolute atomic E-state index is 13.5. The molecule has 0 aliphatic carbocycles. The third-order valence-corrected chi connectivity index (χ3v) is 3.65. The van der Waals surface area contributed by atoms with Crippen LogP contribution >= 0.6 is 11.6 Å². The van der Waals surface area contributed by atoms with E-state index < -0.39 is 0 Å². The van der Waals surface area contributed by atoms with Gasteiger partial charge in [-0.15, -0.1) is 0 Å². The standard InChI is InChI=1S/C15H16ClFN2/c1-10-12(6-4-8-19-10)14(18-2)9-11-5-3-7-13(17)15(11)16/h3-8,14,18H,9H2,1-2H3. The Balaban J connectivity index is 2.30. The Bertz CT molecular complexity index is 572. The molecular formula is C15H16ClFN2. The average molecular weight is 279 g/mol. The number of benzene rings is 1. The van der Waals surface area contributed by atoms with Gasteiger partial charge in [0.1, 0.15) is 5.82 Å². The highest BCUT2D eigenvalue weighted by Crippen LogP contribution is 2.26. The molecule has 0 saturated heterocycles. The van der Waals surface area contributed by atoms with Crippen LogP contribution in [0.25, 0.3) is 0 Å². The third-order valence-electron chi connectivity index (χ3n) is 3.23. The fourth-order valence-electron chi connectivity index (χ4n) is 2.16. The normalized spacial score (nSPS) is 12.4. The van der Waals surface area contributed by atoms with Crippen molar-refractivity contribution < 1.29 is 4.39 Å². The number of nitrogens with one attached hydrogen (secondary N) is 1. The van der Waals surface area contributed by atoms with Gasteiger partial charge < -0.3 is 5.32 Å². The van der Waals surface area contributed by atoms with Gasteiger partial charge in [0.25, 0.3) is 0 Å². The van der Waals surface area contributed by atoms with E-state index in [1.807, 2.05) is 32.2 Å². The summed E-state index contributed by atoms with van der Waals surface area (Å²) in [5.41, 5.74) is 2.86. The Kier molecular flexibility index (Phi) is 4.51. The molecule has 2 aromatic rings. The van der Waals surface area contributed by atoms with Gasteiger partial charge in [-0.25, -0.2) is 4.39 Å². The molecule has 0 bridgehead atoms. The van der Waals surface area contributed by atoms with E-state index in [9.17, 15) is 4.39 Å². The molecule has 0 fully saturated rings. The van der Waals surface area contributed by atoms with Crippen molar-refractivity contribution in [2.24, 2.45) is 0 Å². The minimum atomic E-state index is -0.378. The molecule has 2 nitrogen and oxygen atoms in total. The molecule has 1 aromatic carbocycles. The van der Waals surface area contributed by atoms with Crippen LogP contribution in [-0.2, 0) is 6.42 Å². The number of likely N-dealkylation sites (N-methyl/N-ethyl adjacent to an activating group) is 1. The number of hydrogen-bond acceptors (Lipinski definition) is 2. The topological polar surface area (TPSA) is 24.9 Å². The van der Waals surface area contributed by atoms with Crippen molar-refractivity contribution in [3.8, 4) is 0 Å². The predicted octanol–water partition coefficient (Wildman–Crippen LogP) is 3.69. The minimum absolute atomic E-state index is 0.0630. The summed E-state index contributed by atoms with van der Waals surface area (Å²) in [6.07, 6.45) is 2.39. The lowest BCUT2D eigenvalue weighted by Crippen LogP contribution is -2.20. The van der Waals surface area contributed by atoms with Crippen LogP contribution in [0, 0.1) is 12.7 Å². The second-order valence-corrected chi connectivity index (χ2v) is 4.81. The van der Waals surface area contributed by atoms with Crippen LogP contribution < -0.4 is 5.32 Å². The summed E-state index contributed by atoms with van der Waals surface area (Å²) >= 11 is 6.00. The maximum Gasteiger partial charge on any atom is 0.142 e. The summed E-state index contributed by atoms with van der Waals surface area (Å²) < 4.78 is 13.5. The van der Waals surface area contributed by atoms with Gasteiger partial charge in [-0.2, -0.15) is 0 Å². The van der Waals surface area contributed by atoms with Gasteiger partial charge in [-0.3, -0.25) is 4.98 Å². The number of hydrogen-bond donors (Lipinski definition) is 1. The number of halogens is 2. The first-order chi connectivity index (χ1) is 9.13. The fourth-order valence-corrected chi connectivity index (χ4v) is 2.36. The molecule has 0 radical (unpaired) electrons. The molecule has 1 unspecified atom stereocenters. The van der Waals surface area contributed by atoms with E-state index >= 15 is 0 Å². The van der Waals surface area contributed by atoms with E-state index in [1.165, 1.54) is 6.07 Å². The summed E-state index contributed by atoms with van der Waals surface area (Å²) in [4.78, 5) is 4.28. The zero-order valence-electron chi connectivity index (χ0n) is 11.0. The van der Waals surface area contributed by atoms with Crippen molar-refractivity contribution in [1.82, 2.24) is 10.3 Å². The van der Waals surface area contributed by atoms with E-state index in [4.69, 9.17) is 11.6 Å². The highest BCUT2D eigenvalue weighted by Gasteiger charge is 2.15.